The summed E-state index contributed by atoms with van der Waals surface area (Å²) >= 11 is 0. The van der Waals surface area contributed by atoms with Gasteiger partial charge in [0.05, 0.1) is 17.1 Å². The van der Waals surface area contributed by atoms with Gasteiger partial charge in [0.1, 0.15) is 0 Å². The predicted molar refractivity (Wildman–Crippen MR) is 89.9 cm³/mol. The minimum Gasteiger partial charge on any atom is -0.317 e. The van der Waals surface area contributed by atoms with Crippen LogP contribution in [0.4, 0.5) is 0 Å². The lowest BCUT2D eigenvalue weighted by Gasteiger charge is -2.50. The molecule has 1 N–H and O–H groups in total. The van der Waals surface area contributed by atoms with Gasteiger partial charge in [0.25, 0.3) is 0 Å². The van der Waals surface area contributed by atoms with E-state index in [1.54, 1.807) is 0 Å². The van der Waals surface area contributed by atoms with Crippen LogP contribution in [0, 0.1) is 18.3 Å². The molecule has 0 atom stereocenters. The number of aryl methyl sites for hydroxylation is 2. The molecule has 1 aliphatic heterocycles. The van der Waals surface area contributed by atoms with Crippen molar-refractivity contribution in [3.63, 3.8) is 0 Å². The van der Waals surface area contributed by atoms with Crippen LogP contribution in [0.25, 0.3) is 11.3 Å². The molecule has 4 rings (SSSR count). The molecule has 5 nitrogen and oxygen atoms in total. The monoisotopic (exact) mass is 311 g/mol. The molecule has 2 fully saturated rings. The first-order chi connectivity index (χ1) is 11.1. The van der Waals surface area contributed by atoms with Crippen LogP contribution < -0.4 is 5.32 Å². The third-order valence-corrected chi connectivity index (χ3v) is 5.61. The summed E-state index contributed by atoms with van der Waals surface area (Å²) in [5.41, 5.74) is 4.77. The fourth-order valence-corrected chi connectivity index (χ4v) is 4.43. The molecule has 23 heavy (non-hydrogen) atoms. The maximum atomic E-state index is 4.46. The molecule has 0 amide bonds. The molecule has 1 saturated carbocycles. The minimum atomic E-state index is 0.649. The van der Waals surface area contributed by atoms with Crippen molar-refractivity contribution in [1.29, 1.82) is 0 Å². The molecule has 5 heteroatoms. The molecule has 0 aromatic carbocycles. The van der Waals surface area contributed by atoms with Crippen molar-refractivity contribution in [2.75, 3.05) is 13.1 Å². The van der Waals surface area contributed by atoms with E-state index >= 15 is 0 Å². The van der Waals surface area contributed by atoms with Crippen molar-refractivity contribution in [2.45, 2.75) is 39.0 Å². The summed E-state index contributed by atoms with van der Waals surface area (Å²) in [4.78, 5) is 0. The Morgan fingerprint density at radius 1 is 1.22 bits per heavy atom. The van der Waals surface area contributed by atoms with E-state index in [-0.39, 0.29) is 0 Å². The van der Waals surface area contributed by atoms with Crippen molar-refractivity contribution < 1.29 is 0 Å². The molecule has 1 aliphatic carbocycles. The Labute approximate surface area is 137 Å². The van der Waals surface area contributed by atoms with E-state index in [1.165, 1.54) is 38.8 Å². The van der Waals surface area contributed by atoms with Gasteiger partial charge in [-0.25, -0.2) is 0 Å². The van der Waals surface area contributed by atoms with E-state index < -0.39 is 0 Å². The second-order valence-electron chi connectivity index (χ2n) is 7.44. The Morgan fingerprint density at radius 2 is 2.00 bits per heavy atom. The van der Waals surface area contributed by atoms with Crippen molar-refractivity contribution >= 4 is 0 Å². The lowest BCUT2D eigenvalue weighted by molar-refractivity contribution is 0.0215. The number of nitrogens with zero attached hydrogens (tertiary/aromatic N) is 4. The first-order valence-corrected chi connectivity index (χ1v) is 8.68. The maximum Gasteiger partial charge on any atom is 0.0964 e. The number of aromatic nitrogens is 4. The Morgan fingerprint density at radius 3 is 2.61 bits per heavy atom. The second kappa shape index (κ2) is 5.71. The van der Waals surface area contributed by atoms with Crippen LogP contribution in [-0.2, 0) is 13.5 Å². The highest BCUT2D eigenvalue weighted by atomic mass is 15.3. The van der Waals surface area contributed by atoms with Gasteiger partial charge in [-0.15, -0.1) is 0 Å². The van der Waals surface area contributed by atoms with Gasteiger partial charge in [0.2, 0.25) is 0 Å². The SMILES string of the molecule is Cc1nn(C)cc1-c1ccc(CC2CC3(CCNCC3)C2)nn1. The molecular weight excluding hydrogens is 286 g/mol. The third kappa shape index (κ3) is 2.90. The average Bonchev–Trinajstić information content (AvgIpc) is 2.86. The summed E-state index contributed by atoms with van der Waals surface area (Å²) in [6.07, 6.45) is 8.54. The Bertz CT molecular complexity index is 674. The van der Waals surface area contributed by atoms with Gasteiger partial charge in [-0.3, -0.25) is 4.68 Å². The largest absolute Gasteiger partial charge is 0.317 e. The molecule has 0 unspecified atom stereocenters. The van der Waals surface area contributed by atoms with Crippen LogP contribution in [-0.4, -0.2) is 33.1 Å². The normalized spacial score (nSPS) is 20.6. The van der Waals surface area contributed by atoms with Crippen LogP contribution in [0.1, 0.15) is 37.1 Å². The number of piperidine rings is 1. The molecule has 122 valence electrons. The summed E-state index contributed by atoms with van der Waals surface area (Å²) < 4.78 is 1.83. The number of nitrogens with one attached hydrogen (secondary N) is 1. The molecule has 1 saturated heterocycles. The van der Waals surface area contributed by atoms with E-state index in [4.69, 9.17) is 0 Å². The van der Waals surface area contributed by atoms with E-state index in [2.05, 4.69) is 32.7 Å². The van der Waals surface area contributed by atoms with Gasteiger partial charge >= 0.3 is 0 Å². The molecular formula is C18H25N5. The Balaban J connectivity index is 1.39. The summed E-state index contributed by atoms with van der Waals surface area (Å²) in [6, 6.07) is 4.23. The number of hydrogen-bond donors (Lipinski definition) is 1. The van der Waals surface area contributed by atoms with Gasteiger partial charge in [-0.1, -0.05) is 0 Å². The topological polar surface area (TPSA) is 55.6 Å². The molecule has 0 bridgehead atoms. The predicted octanol–water partition coefficient (Wildman–Crippen LogP) is 2.51. The van der Waals surface area contributed by atoms with Crippen molar-refractivity contribution in [3.05, 3.63) is 29.7 Å². The maximum absolute atomic E-state index is 4.46. The lowest BCUT2D eigenvalue weighted by atomic mass is 9.57. The Kier molecular flexibility index (Phi) is 3.68. The summed E-state index contributed by atoms with van der Waals surface area (Å²) in [5, 5.41) is 16.7. The highest BCUT2D eigenvalue weighted by Gasteiger charge is 2.44. The summed E-state index contributed by atoms with van der Waals surface area (Å²) in [7, 11) is 1.94. The van der Waals surface area contributed by atoms with Crippen LogP contribution in [0.15, 0.2) is 18.3 Å². The van der Waals surface area contributed by atoms with Crippen molar-refractivity contribution in [2.24, 2.45) is 18.4 Å². The van der Waals surface area contributed by atoms with Crippen LogP contribution in [0.3, 0.4) is 0 Å². The van der Waals surface area contributed by atoms with Crippen LogP contribution >= 0.6 is 0 Å². The molecule has 2 aromatic heterocycles. The highest BCUT2D eigenvalue weighted by Crippen LogP contribution is 2.52. The fraction of sp³-hybridized carbons (Fsp3) is 0.611. The third-order valence-electron chi connectivity index (χ3n) is 5.61. The molecule has 3 heterocycles. The zero-order valence-corrected chi connectivity index (χ0v) is 14.0. The first-order valence-electron chi connectivity index (χ1n) is 8.68. The van der Waals surface area contributed by atoms with E-state index in [0.29, 0.717) is 5.41 Å². The number of rotatable bonds is 3. The quantitative estimate of drug-likeness (QED) is 0.946. The van der Waals surface area contributed by atoms with Gasteiger partial charge in [-0.05, 0) is 75.6 Å². The minimum absolute atomic E-state index is 0.649. The molecule has 0 radical (unpaired) electrons. The van der Waals surface area contributed by atoms with Crippen molar-refractivity contribution in [1.82, 2.24) is 25.3 Å². The Hall–Kier alpha value is -1.75. The average molecular weight is 311 g/mol. The zero-order valence-electron chi connectivity index (χ0n) is 14.0. The molecule has 1 spiro atoms. The fourth-order valence-electron chi connectivity index (χ4n) is 4.43. The smallest absolute Gasteiger partial charge is 0.0964 e. The van der Waals surface area contributed by atoms with Gasteiger partial charge < -0.3 is 5.32 Å². The van der Waals surface area contributed by atoms with E-state index in [0.717, 1.165) is 35.0 Å². The second-order valence-corrected chi connectivity index (χ2v) is 7.44. The lowest BCUT2D eigenvalue weighted by Crippen LogP contribution is -2.46. The molecule has 2 aromatic rings. The molecule has 2 aliphatic rings. The van der Waals surface area contributed by atoms with E-state index in [9.17, 15) is 0 Å². The standard InChI is InChI=1S/C18H25N5/c1-13-16(12-23(2)22-13)17-4-3-15(20-21-17)9-14-10-18(11-14)5-7-19-8-6-18/h3-4,12,14,19H,5-11H2,1-2H3. The van der Waals surface area contributed by atoms with Crippen LogP contribution in [0.5, 0.6) is 0 Å². The summed E-state index contributed by atoms with van der Waals surface area (Å²) in [5.74, 6) is 0.799. The summed E-state index contributed by atoms with van der Waals surface area (Å²) in [6.45, 7) is 4.41. The van der Waals surface area contributed by atoms with Crippen LogP contribution in [0.2, 0.25) is 0 Å². The van der Waals surface area contributed by atoms with Crippen molar-refractivity contribution in [3.8, 4) is 11.3 Å². The van der Waals surface area contributed by atoms with Gasteiger partial charge in [-0.2, -0.15) is 15.3 Å². The van der Waals surface area contributed by atoms with Gasteiger partial charge in [0, 0.05) is 18.8 Å². The number of hydrogen-bond acceptors (Lipinski definition) is 4. The first kappa shape index (κ1) is 14.8. The zero-order chi connectivity index (χ0) is 15.9. The highest BCUT2D eigenvalue weighted by molar-refractivity contribution is 5.60. The van der Waals surface area contributed by atoms with E-state index in [1.807, 2.05) is 24.9 Å². The van der Waals surface area contributed by atoms with Gasteiger partial charge in [0.15, 0.2) is 0 Å².